The molecule has 0 aromatic heterocycles. The highest BCUT2D eigenvalue weighted by atomic mass is 16.2. The highest BCUT2D eigenvalue weighted by Gasteiger charge is 2.42. The molecule has 0 saturated carbocycles. The number of carbonyl (C=O) groups excluding carboxylic acids is 2. The van der Waals surface area contributed by atoms with E-state index >= 15 is 0 Å². The largest absolute Gasteiger partial charge is 0.277 e. The molecule has 1 aliphatic rings. The van der Waals surface area contributed by atoms with Gasteiger partial charge in [-0.25, -0.2) is 0 Å². The van der Waals surface area contributed by atoms with Crippen LogP contribution < -0.4 is 0 Å². The van der Waals surface area contributed by atoms with E-state index in [1.165, 1.54) is 32.1 Å². The van der Waals surface area contributed by atoms with Crippen LogP contribution in [0.1, 0.15) is 91.4 Å². The molecule has 0 aromatic rings. The monoisotopic (exact) mass is 281 g/mol. The number of rotatable bonds is 10. The number of hydrogen-bond acceptors (Lipinski definition) is 2. The molecule has 20 heavy (non-hydrogen) atoms. The second-order valence-electron chi connectivity index (χ2n) is 6.39. The van der Waals surface area contributed by atoms with Crippen LogP contribution in [0.5, 0.6) is 0 Å². The lowest BCUT2D eigenvalue weighted by Gasteiger charge is -2.38. The summed E-state index contributed by atoms with van der Waals surface area (Å²) in [6.45, 7) is 6.51. The minimum Gasteiger partial charge on any atom is -0.277 e. The Bertz CT molecular complexity index is 311. The van der Waals surface area contributed by atoms with Crippen molar-refractivity contribution < 1.29 is 9.59 Å². The van der Waals surface area contributed by atoms with Crippen LogP contribution in [0.3, 0.4) is 0 Å². The van der Waals surface area contributed by atoms with Gasteiger partial charge in [0.15, 0.2) is 0 Å². The molecule has 1 rings (SSSR count). The van der Waals surface area contributed by atoms with Crippen LogP contribution in [0.4, 0.5) is 0 Å². The van der Waals surface area contributed by atoms with Crippen LogP contribution in [0.15, 0.2) is 0 Å². The fourth-order valence-corrected chi connectivity index (χ4v) is 3.22. The molecule has 0 aliphatic carbocycles. The van der Waals surface area contributed by atoms with Gasteiger partial charge in [-0.2, -0.15) is 0 Å². The molecule has 0 spiro atoms. The van der Waals surface area contributed by atoms with Gasteiger partial charge in [-0.15, -0.1) is 0 Å². The van der Waals surface area contributed by atoms with Gasteiger partial charge in [-0.3, -0.25) is 14.5 Å². The van der Waals surface area contributed by atoms with Crippen LogP contribution in [0.25, 0.3) is 0 Å². The number of carbonyl (C=O) groups is 2. The Hall–Kier alpha value is -0.860. The maximum absolute atomic E-state index is 12.1. The van der Waals surface area contributed by atoms with E-state index < -0.39 is 0 Å². The molecule has 3 heteroatoms. The van der Waals surface area contributed by atoms with Gasteiger partial charge in [0.2, 0.25) is 11.8 Å². The van der Waals surface area contributed by atoms with E-state index in [9.17, 15) is 9.59 Å². The lowest BCUT2D eigenvalue weighted by atomic mass is 9.86. The number of nitrogens with zero attached hydrogens (tertiary/aromatic N) is 1. The van der Waals surface area contributed by atoms with Crippen molar-refractivity contribution in [2.45, 2.75) is 96.9 Å². The summed E-state index contributed by atoms with van der Waals surface area (Å²) < 4.78 is 0. The third-order valence-corrected chi connectivity index (χ3v) is 4.48. The first-order valence-electron chi connectivity index (χ1n) is 8.41. The van der Waals surface area contributed by atoms with Crippen molar-refractivity contribution in [2.24, 2.45) is 0 Å². The molecule has 1 fully saturated rings. The maximum Gasteiger partial charge on any atom is 0.230 e. The summed E-state index contributed by atoms with van der Waals surface area (Å²) in [6, 6.07) is 0. The Morgan fingerprint density at radius 2 is 1.30 bits per heavy atom. The van der Waals surface area contributed by atoms with E-state index in [4.69, 9.17) is 0 Å². The normalized spacial score (nSPS) is 18.6. The van der Waals surface area contributed by atoms with E-state index in [1.54, 1.807) is 4.90 Å². The van der Waals surface area contributed by atoms with Gasteiger partial charge in [0.1, 0.15) is 0 Å². The van der Waals surface area contributed by atoms with Gasteiger partial charge in [0, 0.05) is 18.4 Å². The quantitative estimate of drug-likeness (QED) is 0.438. The first-order valence-corrected chi connectivity index (χ1v) is 8.41. The molecule has 1 heterocycles. The van der Waals surface area contributed by atoms with E-state index in [0.717, 1.165) is 25.7 Å². The number of hydrogen-bond donors (Lipinski definition) is 0. The zero-order valence-electron chi connectivity index (χ0n) is 13.5. The maximum atomic E-state index is 12.1. The molecule has 1 saturated heterocycles. The molecule has 0 aromatic carbocycles. The predicted molar refractivity (Wildman–Crippen MR) is 82.4 cm³/mol. The van der Waals surface area contributed by atoms with E-state index in [-0.39, 0.29) is 17.4 Å². The molecule has 2 amide bonds. The van der Waals surface area contributed by atoms with Gasteiger partial charge >= 0.3 is 0 Å². The molecule has 0 N–H and O–H groups in total. The van der Waals surface area contributed by atoms with Gasteiger partial charge < -0.3 is 0 Å². The van der Waals surface area contributed by atoms with Crippen LogP contribution in [-0.2, 0) is 9.59 Å². The fraction of sp³-hybridized carbons (Fsp3) is 0.882. The molecule has 3 nitrogen and oxygen atoms in total. The summed E-state index contributed by atoms with van der Waals surface area (Å²) in [5, 5.41) is 0. The minimum atomic E-state index is -0.242. The topological polar surface area (TPSA) is 37.4 Å². The van der Waals surface area contributed by atoms with Crippen molar-refractivity contribution in [1.29, 1.82) is 0 Å². The lowest BCUT2D eigenvalue weighted by Crippen LogP contribution is -2.49. The second kappa shape index (κ2) is 8.43. The number of imide groups is 1. The Morgan fingerprint density at radius 1 is 0.850 bits per heavy atom. The van der Waals surface area contributed by atoms with Gasteiger partial charge in [-0.1, -0.05) is 58.8 Å². The van der Waals surface area contributed by atoms with Crippen LogP contribution in [-0.4, -0.2) is 22.3 Å². The molecular weight excluding hydrogens is 250 g/mol. The van der Waals surface area contributed by atoms with E-state index in [1.807, 2.05) is 0 Å². The molecule has 1 aliphatic heterocycles. The molecular formula is C17H31NO2. The average molecular weight is 281 g/mol. The third kappa shape index (κ3) is 4.60. The summed E-state index contributed by atoms with van der Waals surface area (Å²) in [5.74, 6) is 0.0916. The predicted octanol–water partition coefficient (Wildman–Crippen LogP) is 4.44. The Balaban J connectivity index is 2.66. The lowest BCUT2D eigenvalue weighted by molar-refractivity contribution is -0.145. The molecule has 0 bridgehead atoms. The average Bonchev–Trinajstić information content (AvgIpc) is 2.75. The number of unbranched alkanes of at least 4 members (excludes halogenated alkanes) is 5. The minimum absolute atomic E-state index is 0.0458. The number of amides is 2. The Morgan fingerprint density at radius 3 is 1.80 bits per heavy atom. The second-order valence-corrected chi connectivity index (χ2v) is 6.39. The van der Waals surface area contributed by atoms with E-state index in [0.29, 0.717) is 12.8 Å². The van der Waals surface area contributed by atoms with Crippen LogP contribution in [0, 0.1) is 0 Å². The summed E-state index contributed by atoms with van der Waals surface area (Å²) in [7, 11) is 0. The number of likely N-dealkylation sites (tertiary alicyclic amines) is 1. The van der Waals surface area contributed by atoms with Gasteiger partial charge in [-0.05, 0) is 19.8 Å². The van der Waals surface area contributed by atoms with Gasteiger partial charge in [0.05, 0.1) is 0 Å². The first-order chi connectivity index (χ1) is 9.55. The highest BCUT2D eigenvalue weighted by Crippen LogP contribution is 2.33. The SMILES string of the molecule is CCCCCCC(C)(CCCCC)N1C(=O)CCC1=O. The van der Waals surface area contributed by atoms with Crippen molar-refractivity contribution in [1.82, 2.24) is 4.90 Å². The standard InChI is InChI=1S/C17H31NO2/c1-4-6-8-10-14-17(3,13-9-7-5-2)18-15(19)11-12-16(18)20/h4-14H2,1-3H3. The smallest absolute Gasteiger partial charge is 0.230 e. The zero-order chi connectivity index (χ0) is 15.0. The third-order valence-electron chi connectivity index (χ3n) is 4.48. The van der Waals surface area contributed by atoms with Crippen molar-refractivity contribution in [3.05, 3.63) is 0 Å². The van der Waals surface area contributed by atoms with Crippen molar-refractivity contribution in [3.8, 4) is 0 Å². The molecule has 1 atom stereocenters. The van der Waals surface area contributed by atoms with Crippen molar-refractivity contribution in [2.75, 3.05) is 0 Å². The summed E-state index contributed by atoms with van der Waals surface area (Å²) in [5.41, 5.74) is -0.242. The summed E-state index contributed by atoms with van der Waals surface area (Å²) in [6.07, 6.45) is 11.0. The van der Waals surface area contributed by atoms with E-state index in [2.05, 4.69) is 20.8 Å². The van der Waals surface area contributed by atoms with Gasteiger partial charge in [0.25, 0.3) is 0 Å². The highest BCUT2D eigenvalue weighted by molar-refractivity contribution is 6.02. The fourth-order valence-electron chi connectivity index (χ4n) is 3.22. The van der Waals surface area contributed by atoms with Crippen molar-refractivity contribution in [3.63, 3.8) is 0 Å². The van der Waals surface area contributed by atoms with Crippen LogP contribution in [0.2, 0.25) is 0 Å². The zero-order valence-corrected chi connectivity index (χ0v) is 13.5. The Kier molecular flexibility index (Phi) is 7.25. The van der Waals surface area contributed by atoms with Crippen molar-refractivity contribution >= 4 is 11.8 Å². The van der Waals surface area contributed by atoms with Crippen LogP contribution >= 0.6 is 0 Å². The summed E-state index contributed by atoms with van der Waals surface area (Å²) >= 11 is 0. The summed E-state index contributed by atoms with van der Waals surface area (Å²) in [4.78, 5) is 25.7. The molecule has 1 unspecified atom stereocenters. The molecule has 116 valence electrons. The first kappa shape index (κ1) is 17.2. The molecule has 0 radical (unpaired) electrons. The Labute approximate surface area is 124 Å².